The third kappa shape index (κ3) is 2.47. The van der Waals surface area contributed by atoms with Gasteiger partial charge in [0.25, 0.3) is 0 Å². The van der Waals surface area contributed by atoms with Crippen LogP contribution in [0.1, 0.15) is 39.5 Å². The predicted molar refractivity (Wildman–Crippen MR) is 68.6 cm³/mol. The van der Waals surface area contributed by atoms with E-state index in [2.05, 4.69) is 24.1 Å². The Balaban J connectivity index is 2.07. The molecule has 4 atom stereocenters. The van der Waals surface area contributed by atoms with Gasteiger partial charge in [-0.15, -0.1) is 0 Å². The van der Waals surface area contributed by atoms with Gasteiger partial charge in [-0.1, -0.05) is 20.3 Å². The highest BCUT2D eigenvalue weighted by Crippen LogP contribution is 2.29. The van der Waals surface area contributed by atoms with E-state index in [4.69, 9.17) is 5.73 Å². The van der Waals surface area contributed by atoms with Crippen LogP contribution in [0.2, 0.25) is 0 Å². The Hall–Kier alpha value is -0.610. The monoisotopic (exact) mass is 239 g/mol. The first kappa shape index (κ1) is 12.8. The van der Waals surface area contributed by atoms with Gasteiger partial charge in [0.15, 0.2) is 0 Å². The summed E-state index contributed by atoms with van der Waals surface area (Å²) in [4.78, 5) is 14.6. The molecule has 0 aromatic rings. The zero-order chi connectivity index (χ0) is 12.4. The van der Waals surface area contributed by atoms with Crippen molar-refractivity contribution in [3.63, 3.8) is 0 Å². The maximum Gasteiger partial charge on any atom is 0.240 e. The third-order valence-corrected chi connectivity index (χ3v) is 4.45. The van der Waals surface area contributed by atoms with Gasteiger partial charge in [-0.3, -0.25) is 4.79 Å². The molecule has 2 heterocycles. The van der Waals surface area contributed by atoms with Gasteiger partial charge in [-0.05, 0) is 31.7 Å². The molecule has 2 saturated heterocycles. The number of nitrogens with zero attached hydrogens (tertiary/aromatic N) is 1. The van der Waals surface area contributed by atoms with Crippen molar-refractivity contribution in [3.8, 4) is 0 Å². The lowest BCUT2D eigenvalue weighted by molar-refractivity contribution is -0.136. The Morgan fingerprint density at radius 2 is 2.12 bits per heavy atom. The quantitative estimate of drug-likeness (QED) is 0.762. The van der Waals surface area contributed by atoms with Crippen LogP contribution < -0.4 is 11.1 Å². The van der Waals surface area contributed by atoms with E-state index in [0.717, 1.165) is 38.8 Å². The molecule has 2 rings (SSSR count). The fourth-order valence-electron chi connectivity index (χ4n) is 3.01. The van der Waals surface area contributed by atoms with Crippen LogP contribution in [0.25, 0.3) is 0 Å². The molecular weight excluding hydrogens is 214 g/mol. The van der Waals surface area contributed by atoms with E-state index >= 15 is 0 Å². The number of fused-ring (bicyclic) bond motifs is 2. The van der Waals surface area contributed by atoms with E-state index in [0.29, 0.717) is 12.1 Å². The van der Waals surface area contributed by atoms with E-state index < -0.39 is 0 Å². The van der Waals surface area contributed by atoms with E-state index in [1.165, 1.54) is 0 Å². The van der Waals surface area contributed by atoms with Gasteiger partial charge in [-0.25, -0.2) is 0 Å². The van der Waals surface area contributed by atoms with Gasteiger partial charge in [0, 0.05) is 18.6 Å². The second-order valence-electron chi connectivity index (χ2n) is 5.53. The summed E-state index contributed by atoms with van der Waals surface area (Å²) in [5.41, 5.74) is 6.09. The minimum atomic E-state index is -0.318. The Labute approximate surface area is 104 Å². The van der Waals surface area contributed by atoms with E-state index in [-0.39, 0.29) is 17.9 Å². The largest absolute Gasteiger partial charge is 0.334 e. The van der Waals surface area contributed by atoms with Crippen molar-refractivity contribution in [2.75, 3.05) is 13.1 Å². The minimum Gasteiger partial charge on any atom is -0.334 e. The van der Waals surface area contributed by atoms with Gasteiger partial charge in [0.1, 0.15) is 0 Å². The lowest BCUT2D eigenvalue weighted by atomic mass is 9.98. The fourth-order valence-corrected chi connectivity index (χ4v) is 3.01. The van der Waals surface area contributed by atoms with Crippen LogP contribution in [-0.4, -0.2) is 42.0 Å². The van der Waals surface area contributed by atoms with Crippen LogP contribution >= 0.6 is 0 Å². The Bertz CT molecular complexity index is 268. The molecule has 2 aliphatic heterocycles. The summed E-state index contributed by atoms with van der Waals surface area (Å²) in [6, 6.07) is 0.490. The summed E-state index contributed by atoms with van der Waals surface area (Å²) in [5.74, 6) is 0.452. The van der Waals surface area contributed by atoms with Crippen molar-refractivity contribution >= 4 is 5.91 Å². The topological polar surface area (TPSA) is 58.4 Å². The first-order valence-corrected chi connectivity index (χ1v) is 6.93. The fraction of sp³-hybridized carbons (Fsp3) is 0.923. The van der Waals surface area contributed by atoms with Crippen molar-refractivity contribution in [2.24, 2.45) is 11.7 Å². The molecular formula is C13H25N3O. The maximum atomic E-state index is 12.5. The number of rotatable bonds is 3. The van der Waals surface area contributed by atoms with Crippen LogP contribution in [0, 0.1) is 5.92 Å². The van der Waals surface area contributed by atoms with Gasteiger partial charge in [0.2, 0.25) is 5.91 Å². The van der Waals surface area contributed by atoms with Crippen molar-refractivity contribution in [2.45, 2.75) is 57.7 Å². The average Bonchev–Trinajstić information content (AvgIpc) is 2.60. The number of nitrogens with one attached hydrogen (secondary N) is 1. The van der Waals surface area contributed by atoms with E-state index in [1.807, 2.05) is 0 Å². The highest BCUT2D eigenvalue weighted by atomic mass is 16.2. The summed E-state index contributed by atoms with van der Waals surface area (Å²) in [6.07, 6.45) is 4.34. The van der Waals surface area contributed by atoms with Crippen molar-refractivity contribution in [3.05, 3.63) is 0 Å². The van der Waals surface area contributed by atoms with E-state index in [1.54, 1.807) is 0 Å². The molecule has 0 saturated carbocycles. The normalized spacial score (nSPS) is 32.1. The third-order valence-electron chi connectivity index (χ3n) is 4.45. The molecule has 0 aliphatic carbocycles. The number of hydrogen-bond donors (Lipinski definition) is 2. The molecule has 2 fully saturated rings. The molecule has 0 spiro atoms. The average molecular weight is 239 g/mol. The molecule has 4 nitrogen and oxygen atoms in total. The van der Waals surface area contributed by atoms with Crippen LogP contribution in [0.5, 0.6) is 0 Å². The lowest BCUT2D eigenvalue weighted by Gasteiger charge is -2.32. The van der Waals surface area contributed by atoms with E-state index in [9.17, 15) is 4.79 Å². The first-order chi connectivity index (χ1) is 8.15. The highest BCUT2D eigenvalue weighted by Gasteiger charge is 2.40. The molecule has 2 bridgehead atoms. The summed E-state index contributed by atoms with van der Waals surface area (Å²) in [6.45, 7) is 6.13. The van der Waals surface area contributed by atoms with Crippen LogP contribution in [0.4, 0.5) is 0 Å². The molecule has 1 amide bonds. The number of nitrogens with two attached hydrogens (primary N) is 1. The predicted octanol–water partition coefficient (Wildman–Crippen LogP) is 0.713. The summed E-state index contributed by atoms with van der Waals surface area (Å²) < 4.78 is 0. The zero-order valence-corrected chi connectivity index (χ0v) is 11.0. The molecule has 3 N–H and O–H groups in total. The number of hydrogen-bond acceptors (Lipinski definition) is 3. The van der Waals surface area contributed by atoms with Crippen LogP contribution in [-0.2, 0) is 4.79 Å². The summed E-state index contributed by atoms with van der Waals surface area (Å²) in [5, 5.41) is 3.41. The Morgan fingerprint density at radius 1 is 1.41 bits per heavy atom. The Kier molecular flexibility index (Phi) is 4.05. The van der Waals surface area contributed by atoms with Crippen molar-refractivity contribution < 1.29 is 4.79 Å². The maximum absolute atomic E-state index is 12.5. The number of carbonyl (C=O) groups is 1. The molecule has 0 aromatic heterocycles. The molecule has 2 aliphatic rings. The van der Waals surface area contributed by atoms with Crippen LogP contribution in [0.3, 0.4) is 0 Å². The minimum absolute atomic E-state index is 0.176. The van der Waals surface area contributed by atoms with Gasteiger partial charge < -0.3 is 16.0 Å². The first-order valence-electron chi connectivity index (χ1n) is 6.93. The zero-order valence-electron chi connectivity index (χ0n) is 11.0. The standard InChI is InChI=1S/C13H25N3O/c1-3-9(2)12(14)13(17)16-10-4-5-11(16)8-15-7-6-10/h9-12,15H,3-8,14H2,1-2H3. The van der Waals surface area contributed by atoms with Crippen molar-refractivity contribution in [1.29, 1.82) is 0 Å². The van der Waals surface area contributed by atoms with Crippen LogP contribution in [0.15, 0.2) is 0 Å². The SMILES string of the molecule is CCC(C)C(N)C(=O)N1C2CCNCC1CC2. The summed E-state index contributed by atoms with van der Waals surface area (Å²) >= 11 is 0. The second-order valence-corrected chi connectivity index (χ2v) is 5.53. The van der Waals surface area contributed by atoms with Gasteiger partial charge >= 0.3 is 0 Å². The molecule has 4 unspecified atom stereocenters. The molecule has 98 valence electrons. The molecule has 4 heteroatoms. The van der Waals surface area contributed by atoms with Gasteiger partial charge in [-0.2, -0.15) is 0 Å². The van der Waals surface area contributed by atoms with Gasteiger partial charge in [0.05, 0.1) is 6.04 Å². The molecule has 0 aromatic carbocycles. The summed E-state index contributed by atoms with van der Waals surface area (Å²) in [7, 11) is 0. The second kappa shape index (κ2) is 5.36. The lowest BCUT2D eigenvalue weighted by Crippen LogP contribution is -2.52. The number of carbonyl (C=O) groups excluding carboxylic acids is 1. The highest BCUT2D eigenvalue weighted by molar-refractivity contribution is 5.83. The molecule has 0 radical (unpaired) electrons. The molecule has 17 heavy (non-hydrogen) atoms. The smallest absolute Gasteiger partial charge is 0.240 e. The Morgan fingerprint density at radius 3 is 2.82 bits per heavy atom. The van der Waals surface area contributed by atoms with Crippen molar-refractivity contribution in [1.82, 2.24) is 10.2 Å². The number of amides is 1.